The van der Waals surface area contributed by atoms with Crippen molar-refractivity contribution >= 4 is 22.7 Å². The first-order valence-corrected chi connectivity index (χ1v) is 8.64. The van der Waals surface area contributed by atoms with Gasteiger partial charge in [0.2, 0.25) is 5.13 Å². The van der Waals surface area contributed by atoms with Crippen LogP contribution in [0.1, 0.15) is 32.0 Å². The fourth-order valence-corrected chi connectivity index (χ4v) is 3.30. The molecule has 21 heavy (non-hydrogen) atoms. The minimum Gasteiger partial charge on any atom is -0.345 e. The van der Waals surface area contributed by atoms with Crippen molar-refractivity contribution in [3.05, 3.63) is 5.82 Å². The second-order valence-corrected chi connectivity index (χ2v) is 6.53. The predicted molar refractivity (Wildman–Crippen MR) is 83.8 cm³/mol. The molecule has 0 unspecified atom stereocenters. The summed E-state index contributed by atoms with van der Waals surface area (Å²) in [5, 5.41) is 4.05. The normalized spacial score (nSPS) is 19.5. The minimum absolute atomic E-state index is 0.0928. The van der Waals surface area contributed by atoms with E-state index in [1.54, 1.807) is 0 Å². The van der Waals surface area contributed by atoms with E-state index in [0.29, 0.717) is 0 Å². The fourth-order valence-electron chi connectivity index (χ4n) is 2.49. The molecule has 1 aromatic rings. The number of amides is 2. The molecule has 116 valence electrons. The lowest BCUT2D eigenvalue weighted by molar-refractivity contribution is 0.201. The summed E-state index contributed by atoms with van der Waals surface area (Å²) in [6.45, 7) is 6.29. The molecule has 2 heterocycles. The van der Waals surface area contributed by atoms with Gasteiger partial charge < -0.3 is 15.1 Å². The highest BCUT2D eigenvalue weighted by Gasteiger charge is 2.24. The third kappa shape index (κ3) is 3.84. The van der Waals surface area contributed by atoms with E-state index in [1.807, 2.05) is 4.90 Å². The molecule has 1 saturated carbocycles. The van der Waals surface area contributed by atoms with Crippen LogP contribution < -0.4 is 10.2 Å². The molecule has 1 aliphatic carbocycles. The van der Waals surface area contributed by atoms with Crippen molar-refractivity contribution in [2.45, 2.75) is 32.6 Å². The van der Waals surface area contributed by atoms with Crippen LogP contribution in [0.2, 0.25) is 0 Å². The van der Waals surface area contributed by atoms with Crippen molar-refractivity contribution in [3.63, 3.8) is 0 Å². The predicted octanol–water partition coefficient (Wildman–Crippen LogP) is 1.73. The number of anilines is 1. The Morgan fingerprint density at radius 2 is 2.19 bits per heavy atom. The lowest BCUT2D eigenvalue weighted by Crippen LogP contribution is -2.42. The molecule has 0 radical (unpaired) electrons. The number of carbonyl (C=O) groups excluding carboxylic acids is 1. The summed E-state index contributed by atoms with van der Waals surface area (Å²) in [5.74, 6) is 1.64. The number of nitrogens with zero attached hydrogens (tertiary/aromatic N) is 4. The molecule has 2 fully saturated rings. The summed E-state index contributed by atoms with van der Waals surface area (Å²) >= 11 is 1.47. The lowest BCUT2D eigenvalue weighted by Gasteiger charge is -2.21. The van der Waals surface area contributed by atoms with Crippen LogP contribution in [0.15, 0.2) is 0 Å². The van der Waals surface area contributed by atoms with Crippen LogP contribution >= 0.6 is 11.5 Å². The van der Waals surface area contributed by atoms with Gasteiger partial charge in [-0.05, 0) is 25.2 Å². The average molecular weight is 309 g/mol. The summed E-state index contributed by atoms with van der Waals surface area (Å²) < 4.78 is 4.35. The zero-order valence-corrected chi connectivity index (χ0v) is 13.4. The maximum Gasteiger partial charge on any atom is 0.317 e. The Balaban J connectivity index is 1.51. The number of hydrogen-bond donors (Lipinski definition) is 1. The third-order valence-corrected chi connectivity index (χ3v) is 4.88. The number of rotatable bonds is 4. The van der Waals surface area contributed by atoms with Crippen LogP contribution in [0.4, 0.5) is 9.93 Å². The molecule has 2 aliphatic rings. The van der Waals surface area contributed by atoms with Gasteiger partial charge in [0, 0.05) is 50.7 Å². The van der Waals surface area contributed by atoms with Gasteiger partial charge in [0.05, 0.1) is 0 Å². The number of aromatic nitrogens is 2. The Morgan fingerprint density at radius 3 is 2.90 bits per heavy atom. The first-order chi connectivity index (χ1) is 10.3. The van der Waals surface area contributed by atoms with Gasteiger partial charge in [0.25, 0.3) is 0 Å². The largest absolute Gasteiger partial charge is 0.345 e. The quantitative estimate of drug-likeness (QED) is 0.920. The second-order valence-electron chi connectivity index (χ2n) is 5.80. The van der Waals surface area contributed by atoms with Crippen LogP contribution in [0, 0.1) is 5.92 Å². The monoisotopic (exact) mass is 309 g/mol. The molecular weight excluding hydrogens is 286 g/mol. The maximum absolute atomic E-state index is 12.1. The molecule has 0 spiro atoms. The fraction of sp³-hybridized carbons (Fsp3) is 0.786. The Hall–Kier alpha value is -1.37. The van der Waals surface area contributed by atoms with Crippen LogP contribution in [-0.2, 0) is 6.42 Å². The van der Waals surface area contributed by atoms with Crippen molar-refractivity contribution in [3.8, 4) is 0 Å². The molecule has 1 N–H and O–H groups in total. The average Bonchev–Trinajstić information content (AvgIpc) is 3.26. The third-order valence-electron chi connectivity index (χ3n) is 4.07. The van der Waals surface area contributed by atoms with Crippen LogP contribution in [0.25, 0.3) is 0 Å². The first-order valence-electron chi connectivity index (χ1n) is 7.86. The van der Waals surface area contributed by atoms with Gasteiger partial charge in [-0.2, -0.15) is 4.37 Å². The molecule has 2 amide bonds. The number of urea groups is 1. The van der Waals surface area contributed by atoms with Gasteiger partial charge in [-0.3, -0.25) is 0 Å². The molecular formula is C14H23N5OS. The van der Waals surface area contributed by atoms with Crippen molar-refractivity contribution in [1.82, 2.24) is 19.6 Å². The second kappa shape index (κ2) is 6.60. The van der Waals surface area contributed by atoms with E-state index in [1.165, 1.54) is 24.4 Å². The van der Waals surface area contributed by atoms with E-state index in [4.69, 9.17) is 0 Å². The molecule has 1 aromatic heterocycles. The molecule has 3 rings (SSSR count). The van der Waals surface area contributed by atoms with Gasteiger partial charge in [0.1, 0.15) is 5.82 Å². The van der Waals surface area contributed by atoms with Crippen LogP contribution in [0.3, 0.4) is 0 Å². The number of nitrogens with one attached hydrogen (secondary N) is 1. The zero-order valence-electron chi connectivity index (χ0n) is 12.5. The highest BCUT2D eigenvalue weighted by molar-refractivity contribution is 7.09. The SMILES string of the molecule is CCc1nsc(N2CCCN(C(=O)NCC3CC3)CC2)n1. The maximum atomic E-state index is 12.1. The van der Waals surface area contributed by atoms with Crippen LogP contribution in [0.5, 0.6) is 0 Å². The van der Waals surface area contributed by atoms with Crippen molar-refractivity contribution in [2.75, 3.05) is 37.6 Å². The molecule has 0 bridgehead atoms. The van der Waals surface area contributed by atoms with Crippen molar-refractivity contribution in [2.24, 2.45) is 5.92 Å². The Bertz CT molecular complexity index is 487. The summed E-state index contributed by atoms with van der Waals surface area (Å²) in [7, 11) is 0. The molecule has 1 aliphatic heterocycles. The van der Waals surface area contributed by atoms with Gasteiger partial charge in [-0.1, -0.05) is 6.92 Å². The van der Waals surface area contributed by atoms with Gasteiger partial charge in [-0.25, -0.2) is 9.78 Å². The van der Waals surface area contributed by atoms with Gasteiger partial charge in [0.15, 0.2) is 0 Å². The Kier molecular flexibility index (Phi) is 4.57. The number of aryl methyl sites for hydroxylation is 1. The van der Waals surface area contributed by atoms with Crippen molar-refractivity contribution < 1.29 is 4.79 Å². The number of hydrogen-bond acceptors (Lipinski definition) is 5. The van der Waals surface area contributed by atoms with E-state index in [2.05, 4.69) is 26.5 Å². The molecule has 0 atom stereocenters. The smallest absolute Gasteiger partial charge is 0.317 e. The molecule has 7 heteroatoms. The van der Waals surface area contributed by atoms with Crippen LogP contribution in [-0.4, -0.2) is 53.0 Å². The highest BCUT2D eigenvalue weighted by Crippen LogP contribution is 2.27. The van der Waals surface area contributed by atoms with E-state index in [-0.39, 0.29) is 6.03 Å². The number of carbonyl (C=O) groups is 1. The molecule has 0 aromatic carbocycles. The molecule has 1 saturated heterocycles. The standard InChI is InChI=1S/C14H23N5OS/c1-2-12-16-14(21-17-12)19-7-3-6-18(8-9-19)13(20)15-10-11-4-5-11/h11H,2-10H2,1H3,(H,15,20). The Labute approximate surface area is 129 Å². The van der Waals surface area contributed by atoms with Gasteiger partial charge >= 0.3 is 6.03 Å². The summed E-state index contributed by atoms with van der Waals surface area (Å²) in [6, 6.07) is 0.0928. The summed E-state index contributed by atoms with van der Waals surface area (Å²) in [4.78, 5) is 20.9. The van der Waals surface area contributed by atoms with Gasteiger partial charge in [-0.15, -0.1) is 0 Å². The first kappa shape index (κ1) is 14.6. The molecule has 6 nitrogen and oxygen atoms in total. The minimum atomic E-state index is 0.0928. The lowest BCUT2D eigenvalue weighted by atomic mass is 10.4. The highest BCUT2D eigenvalue weighted by atomic mass is 32.1. The zero-order chi connectivity index (χ0) is 14.7. The topological polar surface area (TPSA) is 61.4 Å². The van der Waals surface area contributed by atoms with E-state index >= 15 is 0 Å². The van der Waals surface area contributed by atoms with E-state index in [9.17, 15) is 4.79 Å². The Morgan fingerprint density at radius 1 is 1.33 bits per heavy atom. The van der Waals surface area contributed by atoms with Crippen molar-refractivity contribution in [1.29, 1.82) is 0 Å². The van der Waals surface area contributed by atoms with E-state index in [0.717, 1.165) is 62.4 Å². The summed E-state index contributed by atoms with van der Waals surface area (Å²) in [5.41, 5.74) is 0. The van der Waals surface area contributed by atoms with E-state index < -0.39 is 0 Å². The summed E-state index contributed by atoms with van der Waals surface area (Å²) in [6.07, 6.45) is 4.40.